The number of amides is 1. The Bertz CT molecular complexity index is 612. The lowest BCUT2D eigenvalue weighted by molar-refractivity contribution is -0.147. The second kappa shape index (κ2) is 7.32. The van der Waals surface area contributed by atoms with E-state index in [1.165, 1.54) is 11.3 Å². The van der Waals surface area contributed by atoms with Crippen molar-refractivity contribution in [2.75, 3.05) is 50.7 Å². The normalized spacial score (nSPS) is 28.2. The van der Waals surface area contributed by atoms with E-state index in [0.717, 1.165) is 26.2 Å². The Hall–Kier alpha value is -1.63. The van der Waals surface area contributed by atoms with E-state index in [4.69, 9.17) is 0 Å². The van der Waals surface area contributed by atoms with Crippen molar-refractivity contribution in [2.24, 2.45) is 0 Å². The number of β-amino-alcohol motifs (C(OH)–C–C–N with tert-alkyl or cyclic N) is 1. The van der Waals surface area contributed by atoms with Gasteiger partial charge in [0.05, 0.1) is 18.2 Å². The number of anilines is 1. The molecule has 2 N–H and O–H groups in total. The summed E-state index contributed by atoms with van der Waals surface area (Å²) in [5.74, 6) is 0.0403. The van der Waals surface area contributed by atoms with Gasteiger partial charge in [-0.1, -0.05) is 12.1 Å². The summed E-state index contributed by atoms with van der Waals surface area (Å²) in [5.41, 5.74) is 1.41. The first-order valence-corrected chi connectivity index (χ1v) is 9.07. The van der Waals surface area contributed by atoms with Crippen molar-refractivity contribution in [3.05, 3.63) is 29.8 Å². The number of hydrogen-bond acceptors (Lipinski definition) is 5. The van der Waals surface area contributed by atoms with Crippen LogP contribution in [-0.4, -0.2) is 83.4 Å². The molecule has 0 bridgehead atoms. The molecule has 25 heavy (non-hydrogen) atoms. The summed E-state index contributed by atoms with van der Waals surface area (Å²) in [4.78, 5) is 18.7. The number of nitrogens with zero attached hydrogens (tertiary/aromatic N) is 3. The minimum Gasteiger partial charge on any atom is -0.388 e. The van der Waals surface area contributed by atoms with Crippen LogP contribution in [0.4, 0.5) is 5.69 Å². The zero-order valence-electron chi connectivity index (χ0n) is 15.2. The van der Waals surface area contributed by atoms with E-state index in [9.17, 15) is 15.0 Å². The van der Waals surface area contributed by atoms with Crippen LogP contribution >= 0.6 is 0 Å². The molecule has 138 valence electrons. The largest absolute Gasteiger partial charge is 0.388 e. The van der Waals surface area contributed by atoms with Crippen LogP contribution in [0.15, 0.2) is 24.3 Å². The van der Waals surface area contributed by atoms with E-state index in [2.05, 4.69) is 41.0 Å². The molecule has 3 rings (SSSR count). The summed E-state index contributed by atoms with van der Waals surface area (Å²) in [6, 6.07) is 8.51. The van der Waals surface area contributed by atoms with Gasteiger partial charge in [0.2, 0.25) is 5.91 Å². The van der Waals surface area contributed by atoms with Crippen LogP contribution in [0.5, 0.6) is 0 Å². The molecule has 2 aliphatic heterocycles. The lowest BCUT2D eigenvalue weighted by Crippen LogP contribution is -2.57. The molecule has 0 aliphatic carbocycles. The number of carbonyl (C=O) groups excluding carboxylic acids is 1. The van der Waals surface area contributed by atoms with Crippen molar-refractivity contribution in [2.45, 2.75) is 32.0 Å². The highest BCUT2D eigenvalue weighted by atomic mass is 16.3. The summed E-state index contributed by atoms with van der Waals surface area (Å²) >= 11 is 0. The fourth-order valence-electron chi connectivity index (χ4n) is 3.53. The molecule has 1 amide bonds. The number of likely N-dealkylation sites (tertiary alicyclic amines) is 1. The number of carbonyl (C=O) groups is 1. The van der Waals surface area contributed by atoms with E-state index < -0.39 is 11.7 Å². The van der Waals surface area contributed by atoms with Gasteiger partial charge in [-0.3, -0.25) is 9.69 Å². The van der Waals surface area contributed by atoms with Gasteiger partial charge in [0, 0.05) is 45.0 Å². The number of benzene rings is 1. The van der Waals surface area contributed by atoms with Gasteiger partial charge in [0.1, 0.15) is 0 Å². The minimum absolute atomic E-state index is 0.0403. The maximum Gasteiger partial charge on any atom is 0.236 e. The molecular formula is C19H29N3O3. The Balaban J connectivity index is 1.48. The van der Waals surface area contributed by atoms with Gasteiger partial charge in [-0.05, 0) is 38.0 Å². The Morgan fingerprint density at radius 1 is 1.24 bits per heavy atom. The Morgan fingerprint density at radius 3 is 2.60 bits per heavy atom. The smallest absolute Gasteiger partial charge is 0.236 e. The van der Waals surface area contributed by atoms with Crippen molar-refractivity contribution in [1.82, 2.24) is 9.80 Å². The Labute approximate surface area is 149 Å². The molecule has 1 aromatic rings. The standard InChI is InChI=1S/C19H29N3O3/c1-15-4-3-5-16(12-15)21-10-8-20(9-11-21)14-18(24)22-7-6-19(2,25)17(23)13-22/h3-5,12,17,23,25H,6-11,13-14H2,1-2H3/t17-,19+/m1/s1. The van der Waals surface area contributed by atoms with Crippen LogP contribution in [0.3, 0.4) is 0 Å². The van der Waals surface area contributed by atoms with Crippen molar-refractivity contribution in [3.63, 3.8) is 0 Å². The molecule has 6 nitrogen and oxygen atoms in total. The maximum atomic E-state index is 12.5. The van der Waals surface area contributed by atoms with Gasteiger partial charge in [0.25, 0.3) is 0 Å². The first-order chi connectivity index (χ1) is 11.8. The maximum absolute atomic E-state index is 12.5. The molecule has 2 aliphatic rings. The molecule has 0 radical (unpaired) electrons. The molecule has 2 atom stereocenters. The Kier molecular flexibility index (Phi) is 5.32. The number of piperidine rings is 1. The fraction of sp³-hybridized carbons (Fsp3) is 0.632. The van der Waals surface area contributed by atoms with Gasteiger partial charge < -0.3 is 20.0 Å². The fourth-order valence-corrected chi connectivity index (χ4v) is 3.53. The molecular weight excluding hydrogens is 318 g/mol. The van der Waals surface area contributed by atoms with Gasteiger partial charge in [-0.2, -0.15) is 0 Å². The number of piperazine rings is 1. The van der Waals surface area contributed by atoms with Crippen LogP contribution in [-0.2, 0) is 4.79 Å². The van der Waals surface area contributed by atoms with Gasteiger partial charge in [-0.15, -0.1) is 0 Å². The third kappa shape index (κ3) is 4.32. The van der Waals surface area contributed by atoms with Crippen LogP contribution in [0.25, 0.3) is 0 Å². The van der Waals surface area contributed by atoms with Crippen LogP contribution in [0, 0.1) is 6.92 Å². The van der Waals surface area contributed by atoms with Gasteiger partial charge in [0.15, 0.2) is 0 Å². The summed E-state index contributed by atoms with van der Waals surface area (Å²) < 4.78 is 0. The van der Waals surface area contributed by atoms with E-state index in [1.54, 1.807) is 11.8 Å². The summed E-state index contributed by atoms with van der Waals surface area (Å²) in [6.07, 6.45) is -0.454. The van der Waals surface area contributed by atoms with Crippen LogP contribution in [0.1, 0.15) is 18.9 Å². The lowest BCUT2D eigenvalue weighted by atomic mass is 9.91. The molecule has 2 fully saturated rings. The predicted octanol–water partition coefficient (Wildman–Crippen LogP) is 0.461. The van der Waals surface area contributed by atoms with Crippen molar-refractivity contribution in [3.8, 4) is 0 Å². The van der Waals surface area contributed by atoms with E-state index >= 15 is 0 Å². The molecule has 1 aromatic carbocycles. The van der Waals surface area contributed by atoms with Gasteiger partial charge >= 0.3 is 0 Å². The number of aliphatic hydroxyl groups excluding tert-OH is 1. The number of aryl methyl sites for hydroxylation is 1. The molecule has 6 heteroatoms. The summed E-state index contributed by atoms with van der Waals surface area (Å²) in [6.45, 7) is 8.37. The molecule has 2 saturated heterocycles. The molecule has 2 heterocycles. The van der Waals surface area contributed by atoms with Crippen molar-refractivity contribution < 1.29 is 15.0 Å². The number of hydrogen-bond donors (Lipinski definition) is 2. The number of rotatable bonds is 3. The highest BCUT2D eigenvalue weighted by Crippen LogP contribution is 2.22. The summed E-state index contributed by atoms with van der Waals surface area (Å²) in [7, 11) is 0. The van der Waals surface area contributed by atoms with E-state index in [0.29, 0.717) is 19.5 Å². The highest BCUT2D eigenvalue weighted by molar-refractivity contribution is 5.78. The third-order valence-electron chi connectivity index (χ3n) is 5.45. The average Bonchev–Trinajstić information content (AvgIpc) is 2.58. The third-order valence-corrected chi connectivity index (χ3v) is 5.45. The predicted molar refractivity (Wildman–Crippen MR) is 97.7 cm³/mol. The van der Waals surface area contributed by atoms with E-state index in [1.807, 2.05) is 0 Å². The van der Waals surface area contributed by atoms with Crippen LogP contribution in [0.2, 0.25) is 0 Å². The lowest BCUT2D eigenvalue weighted by Gasteiger charge is -2.41. The van der Waals surface area contributed by atoms with E-state index in [-0.39, 0.29) is 12.5 Å². The molecule has 0 aromatic heterocycles. The highest BCUT2D eigenvalue weighted by Gasteiger charge is 2.38. The number of aliphatic hydroxyl groups is 2. The van der Waals surface area contributed by atoms with Gasteiger partial charge in [-0.25, -0.2) is 0 Å². The first kappa shape index (κ1) is 18.2. The minimum atomic E-state index is -1.09. The van der Waals surface area contributed by atoms with Crippen LogP contribution < -0.4 is 4.90 Å². The Morgan fingerprint density at radius 2 is 1.96 bits per heavy atom. The quantitative estimate of drug-likeness (QED) is 0.832. The molecule has 0 spiro atoms. The zero-order valence-corrected chi connectivity index (χ0v) is 15.2. The second-order valence-electron chi connectivity index (χ2n) is 7.56. The topological polar surface area (TPSA) is 67.2 Å². The SMILES string of the molecule is Cc1cccc(N2CCN(CC(=O)N3CC[C@](C)(O)[C@H](O)C3)CC2)c1. The zero-order chi connectivity index (χ0) is 18.0. The molecule has 0 saturated carbocycles. The second-order valence-corrected chi connectivity index (χ2v) is 7.56. The van der Waals surface area contributed by atoms with Crippen molar-refractivity contribution in [1.29, 1.82) is 0 Å². The average molecular weight is 347 g/mol. The monoisotopic (exact) mass is 347 g/mol. The molecule has 0 unspecified atom stereocenters. The van der Waals surface area contributed by atoms with Crippen molar-refractivity contribution >= 4 is 11.6 Å². The first-order valence-electron chi connectivity index (χ1n) is 9.07. The summed E-state index contributed by atoms with van der Waals surface area (Å²) in [5, 5.41) is 20.0.